The minimum absolute atomic E-state index is 0.185. The highest BCUT2D eigenvalue weighted by molar-refractivity contribution is 7.91. The molecule has 0 fully saturated rings. The number of hydrogen-bond donors (Lipinski definition) is 1. The van der Waals surface area contributed by atoms with Crippen molar-refractivity contribution in [2.75, 3.05) is 18.9 Å². The van der Waals surface area contributed by atoms with Crippen LogP contribution in [0, 0.1) is 0 Å². The molecule has 0 spiro atoms. The number of rotatable bonds is 7. The Labute approximate surface area is 172 Å². The topological polar surface area (TPSA) is 75.7 Å². The molecule has 9 heteroatoms. The maximum atomic E-state index is 12.4. The summed E-state index contributed by atoms with van der Waals surface area (Å²) in [6.45, 7) is -0.333. The highest BCUT2D eigenvalue weighted by Gasteiger charge is 2.24. The molecule has 3 aromatic rings. The molecule has 1 N–H and O–H groups in total. The number of sulfonamides is 1. The van der Waals surface area contributed by atoms with E-state index in [1.54, 1.807) is 60.0 Å². The molecule has 0 atom stereocenters. The molecule has 0 aliphatic carbocycles. The molecule has 0 saturated heterocycles. The van der Waals surface area contributed by atoms with Gasteiger partial charge in [0.2, 0.25) is 5.91 Å². The Bertz CT molecular complexity index is 1070. The Kier molecular flexibility index (Phi) is 6.35. The fourth-order valence-corrected chi connectivity index (χ4v) is 4.85. The molecule has 0 aliphatic heterocycles. The number of anilines is 1. The van der Waals surface area contributed by atoms with Crippen LogP contribution in [0.2, 0.25) is 5.02 Å². The molecule has 1 amide bonds. The molecule has 1 aromatic heterocycles. The van der Waals surface area contributed by atoms with Crippen molar-refractivity contribution in [3.8, 4) is 11.5 Å². The van der Waals surface area contributed by atoms with Crippen molar-refractivity contribution in [1.29, 1.82) is 0 Å². The van der Waals surface area contributed by atoms with E-state index in [2.05, 4.69) is 5.32 Å². The number of carbonyl (C=O) groups is 1. The van der Waals surface area contributed by atoms with Gasteiger partial charge in [-0.3, -0.25) is 4.79 Å². The number of hydrogen-bond acceptors (Lipinski definition) is 5. The van der Waals surface area contributed by atoms with Crippen LogP contribution >= 0.6 is 22.9 Å². The average Bonchev–Trinajstić information content (AvgIpc) is 3.20. The molecule has 146 valence electrons. The monoisotopic (exact) mass is 436 g/mol. The number of nitrogens with one attached hydrogen (secondary N) is 1. The van der Waals surface area contributed by atoms with E-state index < -0.39 is 15.9 Å². The van der Waals surface area contributed by atoms with E-state index in [0.29, 0.717) is 22.2 Å². The largest absolute Gasteiger partial charge is 0.454 e. The van der Waals surface area contributed by atoms with Gasteiger partial charge in [0, 0.05) is 7.05 Å². The van der Waals surface area contributed by atoms with Gasteiger partial charge in [-0.2, -0.15) is 4.31 Å². The van der Waals surface area contributed by atoms with Crippen LogP contribution in [-0.2, 0) is 14.8 Å². The van der Waals surface area contributed by atoms with Gasteiger partial charge in [-0.1, -0.05) is 41.9 Å². The lowest BCUT2D eigenvalue weighted by Gasteiger charge is -2.17. The van der Waals surface area contributed by atoms with E-state index >= 15 is 0 Å². The summed E-state index contributed by atoms with van der Waals surface area (Å²) in [5.41, 5.74) is 0.411. The normalized spacial score (nSPS) is 11.4. The molecule has 0 bridgehead atoms. The van der Waals surface area contributed by atoms with Gasteiger partial charge in [0.15, 0.2) is 5.75 Å². The molecule has 0 saturated carbocycles. The number of carbonyl (C=O) groups excluding carboxylic acids is 1. The number of halogens is 1. The number of nitrogens with zero attached hydrogens (tertiary/aromatic N) is 1. The minimum Gasteiger partial charge on any atom is -0.454 e. The summed E-state index contributed by atoms with van der Waals surface area (Å²) in [5.74, 6) is 0.355. The SMILES string of the molecule is CN(CC(=O)Nc1ccccc1Oc1ccccc1Cl)S(=O)(=O)c1cccs1. The van der Waals surface area contributed by atoms with Gasteiger partial charge in [0.1, 0.15) is 9.96 Å². The fraction of sp³-hybridized carbons (Fsp3) is 0.105. The van der Waals surface area contributed by atoms with E-state index in [-0.39, 0.29) is 10.8 Å². The summed E-state index contributed by atoms with van der Waals surface area (Å²) < 4.78 is 31.9. The third-order valence-electron chi connectivity index (χ3n) is 3.74. The average molecular weight is 437 g/mol. The molecular weight excluding hydrogens is 420 g/mol. The first-order valence-corrected chi connectivity index (χ1v) is 10.9. The minimum atomic E-state index is -3.70. The third kappa shape index (κ3) is 4.71. The smallest absolute Gasteiger partial charge is 0.252 e. The molecule has 0 radical (unpaired) electrons. The summed E-state index contributed by atoms with van der Waals surface area (Å²) in [5, 5.41) is 4.79. The number of benzene rings is 2. The zero-order chi connectivity index (χ0) is 20.1. The second-order valence-corrected chi connectivity index (χ2v) is 9.40. The highest BCUT2D eigenvalue weighted by atomic mass is 35.5. The van der Waals surface area contributed by atoms with E-state index in [1.807, 2.05) is 0 Å². The first kappa shape index (κ1) is 20.3. The van der Waals surface area contributed by atoms with Crippen molar-refractivity contribution in [3.05, 3.63) is 71.1 Å². The quantitative estimate of drug-likeness (QED) is 0.593. The van der Waals surface area contributed by atoms with Crippen molar-refractivity contribution < 1.29 is 17.9 Å². The summed E-state index contributed by atoms with van der Waals surface area (Å²) in [6.07, 6.45) is 0. The van der Waals surface area contributed by atoms with E-state index in [4.69, 9.17) is 16.3 Å². The Morgan fingerprint density at radius 3 is 2.43 bits per heavy atom. The number of amides is 1. The zero-order valence-electron chi connectivity index (χ0n) is 14.8. The highest BCUT2D eigenvalue weighted by Crippen LogP contribution is 2.33. The molecule has 0 aliphatic rings. The summed E-state index contributed by atoms with van der Waals surface area (Å²) in [7, 11) is -2.34. The van der Waals surface area contributed by atoms with E-state index in [0.717, 1.165) is 15.6 Å². The van der Waals surface area contributed by atoms with Gasteiger partial charge in [-0.25, -0.2) is 8.42 Å². The van der Waals surface area contributed by atoms with Crippen LogP contribution in [0.4, 0.5) is 5.69 Å². The predicted molar refractivity (Wildman–Crippen MR) is 111 cm³/mol. The second kappa shape index (κ2) is 8.74. The summed E-state index contributed by atoms with van der Waals surface area (Å²) >= 11 is 7.22. The maximum Gasteiger partial charge on any atom is 0.252 e. The number of para-hydroxylation sites is 3. The molecule has 3 rings (SSSR count). The molecule has 1 heterocycles. The van der Waals surface area contributed by atoms with Crippen LogP contribution in [0.3, 0.4) is 0 Å². The van der Waals surface area contributed by atoms with Gasteiger partial charge < -0.3 is 10.1 Å². The number of likely N-dealkylation sites (N-methyl/N-ethyl adjacent to an activating group) is 1. The molecule has 2 aromatic carbocycles. The molecular formula is C19H17ClN2O4S2. The van der Waals surface area contributed by atoms with Crippen LogP contribution < -0.4 is 10.1 Å². The standard InChI is InChI=1S/C19H17ClN2O4S2/c1-22(28(24,25)19-11-6-12-27-19)13-18(23)21-15-8-3-5-10-17(15)26-16-9-4-2-7-14(16)20/h2-12H,13H2,1H3,(H,21,23). The van der Waals surface area contributed by atoms with Gasteiger partial charge in [-0.15, -0.1) is 11.3 Å². The Balaban J connectivity index is 1.72. The third-order valence-corrected chi connectivity index (χ3v) is 7.23. The van der Waals surface area contributed by atoms with Crippen molar-refractivity contribution in [2.24, 2.45) is 0 Å². The zero-order valence-corrected chi connectivity index (χ0v) is 17.2. The Morgan fingerprint density at radius 1 is 1.07 bits per heavy atom. The van der Waals surface area contributed by atoms with Gasteiger partial charge in [0.25, 0.3) is 10.0 Å². The van der Waals surface area contributed by atoms with Gasteiger partial charge in [0.05, 0.1) is 17.3 Å². The van der Waals surface area contributed by atoms with Crippen LogP contribution in [0.5, 0.6) is 11.5 Å². The Hall–Kier alpha value is -2.39. The van der Waals surface area contributed by atoms with Crippen LogP contribution in [-0.4, -0.2) is 32.2 Å². The van der Waals surface area contributed by atoms with Crippen molar-refractivity contribution in [1.82, 2.24) is 4.31 Å². The maximum absolute atomic E-state index is 12.4. The molecule has 28 heavy (non-hydrogen) atoms. The van der Waals surface area contributed by atoms with Gasteiger partial charge >= 0.3 is 0 Å². The van der Waals surface area contributed by atoms with Crippen LogP contribution in [0.15, 0.2) is 70.3 Å². The molecule has 0 unspecified atom stereocenters. The second-order valence-electron chi connectivity index (χ2n) is 5.77. The van der Waals surface area contributed by atoms with Gasteiger partial charge in [-0.05, 0) is 35.7 Å². The van der Waals surface area contributed by atoms with Crippen LogP contribution in [0.1, 0.15) is 0 Å². The fourth-order valence-electron chi connectivity index (χ4n) is 2.35. The molecule has 6 nitrogen and oxygen atoms in total. The number of thiophene rings is 1. The van der Waals surface area contributed by atoms with Crippen molar-refractivity contribution in [3.63, 3.8) is 0 Å². The van der Waals surface area contributed by atoms with Crippen molar-refractivity contribution in [2.45, 2.75) is 4.21 Å². The number of ether oxygens (including phenoxy) is 1. The van der Waals surface area contributed by atoms with Crippen molar-refractivity contribution >= 4 is 44.6 Å². The summed E-state index contributed by atoms with van der Waals surface area (Å²) in [4.78, 5) is 12.4. The van der Waals surface area contributed by atoms with Crippen LogP contribution in [0.25, 0.3) is 0 Å². The Morgan fingerprint density at radius 2 is 1.75 bits per heavy atom. The van der Waals surface area contributed by atoms with E-state index in [1.165, 1.54) is 13.1 Å². The first-order chi connectivity index (χ1) is 13.4. The lowest BCUT2D eigenvalue weighted by molar-refractivity contribution is -0.116. The van der Waals surface area contributed by atoms with E-state index in [9.17, 15) is 13.2 Å². The summed E-state index contributed by atoms with van der Waals surface area (Å²) in [6, 6.07) is 17.0. The lowest BCUT2D eigenvalue weighted by atomic mass is 10.3. The predicted octanol–water partition coefficient (Wildman–Crippen LogP) is 4.45. The first-order valence-electron chi connectivity index (χ1n) is 8.19. The lowest BCUT2D eigenvalue weighted by Crippen LogP contribution is -2.34.